The maximum Gasteiger partial charge on any atom is 0.270 e. The monoisotopic (exact) mass is 189 g/mol. The summed E-state index contributed by atoms with van der Waals surface area (Å²) in [4.78, 5) is 14.5. The highest BCUT2D eigenvalue weighted by atomic mass is 35.5. The zero-order valence-electron chi connectivity index (χ0n) is 5.77. The first kappa shape index (κ1) is 8.50. The van der Waals surface area contributed by atoms with Crippen LogP contribution in [0.15, 0.2) is 12.1 Å². The van der Waals surface area contributed by atoms with Gasteiger partial charge in [0.25, 0.3) is 5.24 Å². The molecular weight excluding hydrogens is 185 g/mol. The number of rotatable bonds is 1. The maximum absolute atomic E-state index is 10.6. The van der Waals surface area contributed by atoms with E-state index in [-0.39, 0.29) is 5.69 Å². The van der Waals surface area contributed by atoms with Crippen molar-refractivity contribution >= 4 is 28.4 Å². The van der Waals surface area contributed by atoms with E-state index in [1.807, 2.05) is 0 Å². The van der Waals surface area contributed by atoms with Crippen molar-refractivity contribution < 1.29 is 4.79 Å². The van der Waals surface area contributed by atoms with Gasteiger partial charge in [-0.2, -0.15) is 0 Å². The van der Waals surface area contributed by atoms with E-state index < -0.39 is 5.24 Å². The van der Waals surface area contributed by atoms with Crippen LogP contribution in [-0.4, -0.2) is 10.2 Å². The molecule has 0 fully saturated rings. The van der Waals surface area contributed by atoms with E-state index in [0.717, 1.165) is 0 Å². The molecule has 58 valence electrons. The van der Waals surface area contributed by atoms with Crippen molar-refractivity contribution in [2.24, 2.45) is 0 Å². The molecule has 0 spiro atoms. The predicted octanol–water partition coefficient (Wildman–Crippen LogP) is 2.42. The van der Waals surface area contributed by atoms with E-state index in [1.54, 1.807) is 13.0 Å². The minimum absolute atomic E-state index is 0.191. The number of pyridine rings is 1. The molecule has 0 saturated heterocycles. The molecule has 11 heavy (non-hydrogen) atoms. The fourth-order valence-corrected chi connectivity index (χ4v) is 1.09. The number of halogens is 2. The van der Waals surface area contributed by atoms with Crippen molar-refractivity contribution in [1.29, 1.82) is 0 Å². The summed E-state index contributed by atoms with van der Waals surface area (Å²) in [6.45, 7) is 1.75. The molecule has 1 rings (SSSR count). The normalized spacial score (nSPS) is 9.73. The van der Waals surface area contributed by atoms with Gasteiger partial charge in [-0.15, -0.1) is 0 Å². The number of hydrogen-bond acceptors (Lipinski definition) is 2. The fourth-order valence-electron chi connectivity index (χ4n) is 0.727. The summed E-state index contributed by atoms with van der Waals surface area (Å²) >= 11 is 10.8. The van der Waals surface area contributed by atoms with Crippen LogP contribution in [0, 0.1) is 6.92 Å². The molecule has 0 amide bonds. The van der Waals surface area contributed by atoms with Crippen molar-refractivity contribution in [1.82, 2.24) is 4.98 Å². The molecular formula is C7H5Cl2NO. The van der Waals surface area contributed by atoms with Gasteiger partial charge in [-0.05, 0) is 30.7 Å². The Morgan fingerprint density at radius 2 is 2.18 bits per heavy atom. The summed E-state index contributed by atoms with van der Waals surface area (Å²) in [6, 6.07) is 3.09. The second kappa shape index (κ2) is 3.20. The lowest BCUT2D eigenvalue weighted by Crippen LogP contribution is -1.95. The highest BCUT2D eigenvalue weighted by molar-refractivity contribution is 6.67. The van der Waals surface area contributed by atoms with Gasteiger partial charge < -0.3 is 0 Å². The third-order valence-electron chi connectivity index (χ3n) is 1.12. The van der Waals surface area contributed by atoms with Crippen molar-refractivity contribution in [3.8, 4) is 0 Å². The fraction of sp³-hybridized carbons (Fsp3) is 0.143. The summed E-state index contributed by atoms with van der Waals surface area (Å²) in [6.07, 6.45) is 0. The Bertz CT molecular complexity index is 278. The number of carbonyl (C=O) groups is 1. The Labute approximate surface area is 74.1 Å². The number of aryl methyl sites for hydroxylation is 1. The Hall–Kier alpha value is -0.600. The first-order valence-corrected chi connectivity index (χ1v) is 3.69. The molecule has 2 nitrogen and oxygen atoms in total. The lowest BCUT2D eigenvalue weighted by atomic mass is 10.3. The third kappa shape index (κ3) is 2.17. The first-order chi connectivity index (χ1) is 5.09. The highest BCUT2D eigenvalue weighted by Gasteiger charge is 2.04. The Morgan fingerprint density at radius 1 is 1.55 bits per heavy atom. The molecule has 0 atom stereocenters. The van der Waals surface area contributed by atoms with E-state index in [2.05, 4.69) is 4.98 Å². The van der Waals surface area contributed by atoms with Gasteiger partial charge in [0.2, 0.25) is 0 Å². The van der Waals surface area contributed by atoms with E-state index in [0.29, 0.717) is 10.7 Å². The minimum atomic E-state index is -0.587. The molecule has 0 bridgehead atoms. The lowest BCUT2D eigenvalue weighted by Gasteiger charge is -1.96. The maximum atomic E-state index is 10.6. The van der Waals surface area contributed by atoms with Crippen LogP contribution in [-0.2, 0) is 0 Å². The van der Waals surface area contributed by atoms with Crippen molar-refractivity contribution in [3.63, 3.8) is 0 Å². The molecule has 0 N–H and O–H groups in total. The van der Waals surface area contributed by atoms with E-state index in [4.69, 9.17) is 23.2 Å². The van der Waals surface area contributed by atoms with Crippen LogP contribution in [0.2, 0.25) is 5.02 Å². The Morgan fingerprint density at radius 3 is 2.64 bits per heavy atom. The zero-order valence-corrected chi connectivity index (χ0v) is 7.28. The second-order valence-electron chi connectivity index (χ2n) is 2.09. The van der Waals surface area contributed by atoms with Gasteiger partial charge in [0.05, 0.1) is 0 Å². The van der Waals surface area contributed by atoms with Gasteiger partial charge in [-0.25, -0.2) is 4.98 Å². The lowest BCUT2D eigenvalue weighted by molar-refractivity contribution is 0.107. The topological polar surface area (TPSA) is 30.0 Å². The molecule has 0 aliphatic carbocycles. The van der Waals surface area contributed by atoms with Crippen LogP contribution >= 0.6 is 23.2 Å². The first-order valence-electron chi connectivity index (χ1n) is 2.93. The van der Waals surface area contributed by atoms with Gasteiger partial charge in [-0.3, -0.25) is 4.79 Å². The van der Waals surface area contributed by atoms with Gasteiger partial charge in [0.15, 0.2) is 0 Å². The van der Waals surface area contributed by atoms with E-state index in [9.17, 15) is 4.79 Å². The van der Waals surface area contributed by atoms with Crippen molar-refractivity contribution in [2.45, 2.75) is 6.92 Å². The van der Waals surface area contributed by atoms with E-state index >= 15 is 0 Å². The molecule has 0 unspecified atom stereocenters. The Kier molecular flexibility index (Phi) is 2.47. The third-order valence-corrected chi connectivity index (χ3v) is 1.53. The largest absolute Gasteiger partial charge is 0.274 e. The van der Waals surface area contributed by atoms with Crippen LogP contribution in [0.4, 0.5) is 0 Å². The highest BCUT2D eigenvalue weighted by Crippen LogP contribution is 2.12. The second-order valence-corrected chi connectivity index (χ2v) is 2.87. The molecule has 0 saturated carbocycles. The number of nitrogens with zero attached hydrogens (tertiary/aromatic N) is 1. The molecule has 0 aromatic carbocycles. The van der Waals surface area contributed by atoms with Gasteiger partial charge in [-0.1, -0.05) is 11.6 Å². The standard InChI is InChI=1S/C7H5Cl2NO/c1-4-2-5(8)3-6(10-4)7(9)11/h2-3H,1H3. The van der Waals surface area contributed by atoms with Crippen LogP contribution in [0.3, 0.4) is 0 Å². The summed E-state index contributed by atoms with van der Waals surface area (Å²) in [7, 11) is 0. The zero-order chi connectivity index (χ0) is 8.43. The number of aromatic nitrogens is 1. The summed E-state index contributed by atoms with van der Waals surface area (Å²) in [5, 5.41) is -0.114. The smallest absolute Gasteiger partial charge is 0.270 e. The van der Waals surface area contributed by atoms with Gasteiger partial charge >= 0.3 is 0 Å². The van der Waals surface area contributed by atoms with Crippen LogP contribution in [0.25, 0.3) is 0 Å². The molecule has 1 heterocycles. The quantitative estimate of drug-likeness (QED) is 0.636. The average molecular weight is 190 g/mol. The molecule has 1 aromatic heterocycles. The average Bonchev–Trinajstić information content (AvgIpc) is 1.85. The SMILES string of the molecule is Cc1cc(Cl)cc(C(=O)Cl)n1. The van der Waals surface area contributed by atoms with Gasteiger partial charge in [0.1, 0.15) is 5.69 Å². The Balaban J connectivity index is 3.19. The van der Waals surface area contributed by atoms with E-state index in [1.165, 1.54) is 6.07 Å². The molecule has 1 aromatic rings. The number of hydrogen-bond donors (Lipinski definition) is 0. The van der Waals surface area contributed by atoms with Crippen LogP contribution in [0.5, 0.6) is 0 Å². The molecule has 4 heteroatoms. The minimum Gasteiger partial charge on any atom is -0.274 e. The molecule has 0 radical (unpaired) electrons. The summed E-state index contributed by atoms with van der Waals surface area (Å²) in [5.41, 5.74) is 0.873. The predicted molar refractivity (Wildman–Crippen MR) is 44.2 cm³/mol. The van der Waals surface area contributed by atoms with Gasteiger partial charge in [0, 0.05) is 10.7 Å². The molecule has 0 aliphatic rings. The summed E-state index contributed by atoms with van der Waals surface area (Å²) < 4.78 is 0. The molecule has 0 aliphatic heterocycles. The van der Waals surface area contributed by atoms with Crippen LogP contribution in [0.1, 0.15) is 16.2 Å². The van der Waals surface area contributed by atoms with Crippen molar-refractivity contribution in [2.75, 3.05) is 0 Å². The van der Waals surface area contributed by atoms with Crippen LogP contribution < -0.4 is 0 Å². The van der Waals surface area contributed by atoms with Crippen molar-refractivity contribution in [3.05, 3.63) is 28.5 Å². The summed E-state index contributed by atoms with van der Waals surface area (Å²) in [5.74, 6) is 0. The number of carbonyl (C=O) groups excluding carboxylic acids is 1.